The number of nitrogens with zero attached hydrogens (tertiary/aromatic N) is 4. The minimum atomic E-state index is -0.222. The zero-order valence-corrected chi connectivity index (χ0v) is 18.4. The first-order valence-corrected chi connectivity index (χ1v) is 11.1. The highest BCUT2D eigenvalue weighted by Crippen LogP contribution is 2.37. The monoisotopic (exact) mass is 421 g/mol. The quantitative estimate of drug-likeness (QED) is 0.725. The summed E-state index contributed by atoms with van der Waals surface area (Å²) in [7, 11) is 2.17. The molecule has 1 aromatic heterocycles. The molecule has 31 heavy (non-hydrogen) atoms. The molecule has 0 aliphatic carbocycles. The Morgan fingerprint density at radius 3 is 2.68 bits per heavy atom. The number of para-hydroxylation sites is 1. The summed E-state index contributed by atoms with van der Waals surface area (Å²) >= 11 is 0. The van der Waals surface area contributed by atoms with Crippen LogP contribution in [0.5, 0.6) is 0 Å². The molecule has 0 bridgehead atoms. The van der Waals surface area contributed by atoms with E-state index in [2.05, 4.69) is 27.1 Å². The second kappa shape index (κ2) is 9.58. The van der Waals surface area contributed by atoms with Gasteiger partial charge in [0.25, 0.3) is 5.91 Å². The number of fused-ring (bicyclic) bond motifs is 2. The molecular weight excluding hydrogens is 390 g/mol. The average Bonchev–Trinajstić information content (AvgIpc) is 2.91. The van der Waals surface area contributed by atoms with Crippen LogP contribution in [0.15, 0.2) is 42.6 Å². The molecule has 3 heterocycles. The molecule has 2 aromatic rings. The largest absolute Gasteiger partial charge is 0.319 e. The highest BCUT2D eigenvalue weighted by atomic mass is 16.2. The number of hydrogen-bond donors (Lipinski definition) is 1. The second-order valence-electron chi connectivity index (χ2n) is 8.56. The van der Waals surface area contributed by atoms with Crippen LogP contribution in [0.4, 0.5) is 17.2 Å². The van der Waals surface area contributed by atoms with Crippen LogP contribution in [0.1, 0.15) is 36.5 Å². The molecule has 1 fully saturated rings. The van der Waals surface area contributed by atoms with Gasteiger partial charge in [-0.3, -0.25) is 14.5 Å². The molecule has 1 atom stereocenters. The Kier molecular flexibility index (Phi) is 6.63. The molecule has 1 unspecified atom stereocenters. The van der Waals surface area contributed by atoms with Crippen molar-refractivity contribution in [2.75, 3.05) is 50.0 Å². The predicted octanol–water partition coefficient (Wildman–Crippen LogP) is 3.37. The highest BCUT2D eigenvalue weighted by molar-refractivity contribution is 6.17. The van der Waals surface area contributed by atoms with E-state index in [4.69, 9.17) is 0 Å². The van der Waals surface area contributed by atoms with Gasteiger partial charge in [-0.2, -0.15) is 0 Å². The van der Waals surface area contributed by atoms with Crippen LogP contribution in [-0.4, -0.2) is 66.4 Å². The van der Waals surface area contributed by atoms with Crippen LogP contribution < -0.4 is 10.2 Å². The summed E-state index contributed by atoms with van der Waals surface area (Å²) in [5.74, 6) is 0.0715. The van der Waals surface area contributed by atoms with Gasteiger partial charge >= 0.3 is 0 Å². The molecule has 0 saturated carbocycles. The van der Waals surface area contributed by atoms with Gasteiger partial charge in [0.15, 0.2) is 5.82 Å². The van der Waals surface area contributed by atoms with Gasteiger partial charge in [0.1, 0.15) is 0 Å². The number of rotatable bonds is 6. The topological polar surface area (TPSA) is 68.8 Å². The van der Waals surface area contributed by atoms with E-state index in [-0.39, 0.29) is 17.7 Å². The zero-order chi connectivity index (χ0) is 21.8. The van der Waals surface area contributed by atoms with E-state index in [0.717, 1.165) is 52.0 Å². The van der Waals surface area contributed by atoms with Gasteiger partial charge < -0.3 is 15.1 Å². The molecule has 1 aromatic carbocycles. The van der Waals surface area contributed by atoms with E-state index in [1.54, 1.807) is 29.3 Å². The summed E-state index contributed by atoms with van der Waals surface area (Å²) in [6, 6.07) is 10.8. The minimum Gasteiger partial charge on any atom is -0.319 e. The van der Waals surface area contributed by atoms with E-state index in [1.165, 1.54) is 0 Å². The van der Waals surface area contributed by atoms with Crippen LogP contribution in [0.3, 0.4) is 0 Å². The van der Waals surface area contributed by atoms with Crippen LogP contribution in [0.25, 0.3) is 0 Å². The first-order valence-electron chi connectivity index (χ1n) is 11.1. The summed E-state index contributed by atoms with van der Waals surface area (Å²) < 4.78 is 0. The molecular formula is C24H31N5O2. The van der Waals surface area contributed by atoms with Crippen molar-refractivity contribution in [2.24, 2.45) is 5.92 Å². The van der Waals surface area contributed by atoms with Gasteiger partial charge in [-0.1, -0.05) is 25.5 Å². The number of unbranched alkanes of at least 4 members (excludes halogenated alkanes) is 1. The number of hydrogen-bond acceptors (Lipinski definition) is 5. The number of aromatic nitrogens is 1. The van der Waals surface area contributed by atoms with Gasteiger partial charge in [0.05, 0.1) is 16.9 Å². The molecule has 2 aliphatic rings. The summed E-state index contributed by atoms with van der Waals surface area (Å²) in [5, 5.41) is 2.89. The fraction of sp³-hybridized carbons (Fsp3) is 0.458. The molecule has 1 N–H and O–H groups in total. The van der Waals surface area contributed by atoms with Crippen LogP contribution in [0.2, 0.25) is 0 Å². The number of nitrogens with one attached hydrogen (secondary N) is 1. The fourth-order valence-corrected chi connectivity index (χ4v) is 4.26. The number of anilines is 3. The number of benzene rings is 1. The molecule has 164 valence electrons. The number of likely N-dealkylation sites (N-methyl/N-ethyl adjacent to an activating group) is 1. The Bertz CT molecular complexity index is 939. The Balaban J connectivity index is 1.45. The maximum absolute atomic E-state index is 13.5. The number of carbonyl (C=O) groups is 2. The summed E-state index contributed by atoms with van der Waals surface area (Å²) in [6.45, 7) is 7.57. The average molecular weight is 422 g/mol. The van der Waals surface area contributed by atoms with E-state index in [0.29, 0.717) is 22.8 Å². The second-order valence-corrected chi connectivity index (χ2v) is 8.56. The first-order chi connectivity index (χ1) is 15.0. The molecule has 1 saturated heterocycles. The normalized spacial score (nSPS) is 18.0. The van der Waals surface area contributed by atoms with Crippen LogP contribution in [0, 0.1) is 5.92 Å². The number of amides is 2. The van der Waals surface area contributed by atoms with Gasteiger partial charge in [-0.05, 0) is 50.7 Å². The van der Waals surface area contributed by atoms with Crippen molar-refractivity contribution in [1.82, 2.24) is 14.8 Å². The number of pyridine rings is 1. The standard InChI is InChI=1S/C24H31N5O2/c1-18(8-5-6-13-28-16-14-27(2)15-17-28)24(31)29-21-11-4-3-9-19(21)23(30)26-20-10-7-12-25-22(20)29/h3-4,7,9-12,18H,5-6,8,13-17H2,1-2H3,(H,26,30). The third kappa shape index (κ3) is 4.78. The molecule has 7 nitrogen and oxygen atoms in total. The van der Waals surface area contributed by atoms with Crippen molar-refractivity contribution in [1.29, 1.82) is 0 Å². The Morgan fingerprint density at radius 1 is 1.10 bits per heavy atom. The Hall–Kier alpha value is -2.77. The molecule has 2 amide bonds. The van der Waals surface area contributed by atoms with Crippen molar-refractivity contribution >= 4 is 29.0 Å². The van der Waals surface area contributed by atoms with E-state index < -0.39 is 0 Å². The lowest BCUT2D eigenvalue weighted by atomic mass is 10.0. The Morgan fingerprint density at radius 2 is 1.87 bits per heavy atom. The summed E-state index contributed by atoms with van der Waals surface area (Å²) in [4.78, 5) is 37.2. The molecule has 0 spiro atoms. The first kappa shape index (κ1) is 21.5. The zero-order valence-electron chi connectivity index (χ0n) is 18.4. The third-order valence-corrected chi connectivity index (χ3v) is 6.24. The lowest BCUT2D eigenvalue weighted by molar-refractivity contribution is -0.121. The summed E-state index contributed by atoms with van der Waals surface area (Å²) in [6.07, 6.45) is 4.56. The molecule has 0 radical (unpaired) electrons. The van der Waals surface area contributed by atoms with Crippen molar-refractivity contribution in [2.45, 2.75) is 26.2 Å². The molecule has 2 aliphatic heterocycles. The fourth-order valence-electron chi connectivity index (χ4n) is 4.26. The smallest absolute Gasteiger partial charge is 0.257 e. The van der Waals surface area contributed by atoms with Crippen molar-refractivity contribution < 1.29 is 9.59 Å². The number of carbonyl (C=O) groups excluding carboxylic acids is 2. The third-order valence-electron chi connectivity index (χ3n) is 6.24. The van der Waals surface area contributed by atoms with Crippen LogP contribution in [-0.2, 0) is 4.79 Å². The molecule has 7 heteroatoms. The minimum absolute atomic E-state index is 0.0245. The van der Waals surface area contributed by atoms with E-state index in [9.17, 15) is 9.59 Å². The van der Waals surface area contributed by atoms with Crippen molar-refractivity contribution in [3.63, 3.8) is 0 Å². The van der Waals surface area contributed by atoms with Crippen molar-refractivity contribution in [3.05, 3.63) is 48.2 Å². The van der Waals surface area contributed by atoms with Gasteiger partial charge in [-0.25, -0.2) is 4.98 Å². The predicted molar refractivity (Wildman–Crippen MR) is 123 cm³/mol. The highest BCUT2D eigenvalue weighted by Gasteiger charge is 2.32. The maximum Gasteiger partial charge on any atom is 0.257 e. The lowest BCUT2D eigenvalue weighted by Gasteiger charge is -2.32. The van der Waals surface area contributed by atoms with Gasteiger partial charge in [0, 0.05) is 38.3 Å². The number of piperazine rings is 1. The van der Waals surface area contributed by atoms with Gasteiger partial charge in [-0.15, -0.1) is 0 Å². The maximum atomic E-state index is 13.5. The van der Waals surface area contributed by atoms with Crippen molar-refractivity contribution in [3.8, 4) is 0 Å². The van der Waals surface area contributed by atoms with E-state index >= 15 is 0 Å². The Labute approximate surface area is 184 Å². The van der Waals surface area contributed by atoms with Crippen LogP contribution >= 0.6 is 0 Å². The lowest BCUT2D eigenvalue weighted by Crippen LogP contribution is -2.44. The molecule has 4 rings (SSSR count). The summed E-state index contributed by atoms with van der Waals surface area (Å²) in [5.41, 5.74) is 1.63. The van der Waals surface area contributed by atoms with E-state index in [1.807, 2.05) is 25.1 Å². The van der Waals surface area contributed by atoms with Gasteiger partial charge in [0.2, 0.25) is 5.91 Å². The SMILES string of the molecule is CC(CCCCN1CCN(C)CC1)C(=O)N1c2ccccc2C(=O)Nc2cccnc21.